The average Bonchev–Trinajstić information content (AvgIpc) is 3.19. The van der Waals surface area contributed by atoms with Crippen LogP contribution in [0.25, 0.3) is 11.4 Å². The predicted octanol–water partition coefficient (Wildman–Crippen LogP) is 2.60. The molecule has 0 saturated heterocycles. The highest BCUT2D eigenvalue weighted by Crippen LogP contribution is 2.25. The van der Waals surface area contributed by atoms with Gasteiger partial charge in [-0.15, -0.1) is 10.2 Å². The van der Waals surface area contributed by atoms with Gasteiger partial charge in [-0.2, -0.15) is 4.98 Å². The maximum Gasteiger partial charge on any atom is 0.237 e. The van der Waals surface area contributed by atoms with Gasteiger partial charge >= 0.3 is 0 Å². The van der Waals surface area contributed by atoms with E-state index < -0.39 is 0 Å². The molecule has 0 spiro atoms. The van der Waals surface area contributed by atoms with Crippen LogP contribution in [0.2, 0.25) is 0 Å². The molecule has 0 saturated carbocycles. The van der Waals surface area contributed by atoms with E-state index in [4.69, 9.17) is 4.52 Å². The van der Waals surface area contributed by atoms with E-state index >= 15 is 0 Å². The fourth-order valence-corrected chi connectivity index (χ4v) is 2.85. The Hall–Kier alpha value is -2.22. The van der Waals surface area contributed by atoms with Gasteiger partial charge in [-0.05, 0) is 19.1 Å². The molecule has 0 bridgehead atoms. The Labute approximate surface area is 132 Å². The molecule has 22 heavy (non-hydrogen) atoms. The van der Waals surface area contributed by atoms with E-state index in [0.717, 1.165) is 35.3 Å². The second-order valence-electron chi connectivity index (χ2n) is 4.53. The molecule has 0 radical (unpaired) electrons. The summed E-state index contributed by atoms with van der Waals surface area (Å²) in [7, 11) is 0. The predicted molar refractivity (Wildman–Crippen MR) is 82.2 cm³/mol. The molecule has 0 fully saturated rings. The molecule has 0 N–H and O–H groups in total. The number of thioether (sulfide) groups is 1. The van der Waals surface area contributed by atoms with Crippen molar-refractivity contribution < 1.29 is 4.52 Å². The lowest BCUT2D eigenvalue weighted by Crippen LogP contribution is -2.00. The zero-order chi connectivity index (χ0) is 15.4. The lowest BCUT2D eigenvalue weighted by atomic mass is 10.2. The summed E-state index contributed by atoms with van der Waals surface area (Å²) < 4.78 is 7.26. The highest BCUT2D eigenvalue weighted by atomic mass is 32.2. The molecular weight excluding hydrogens is 300 g/mol. The van der Waals surface area contributed by atoms with Crippen molar-refractivity contribution in [2.75, 3.05) is 0 Å². The fraction of sp³-hybridized carbons (Fsp3) is 0.357. The van der Waals surface area contributed by atoms with E-state index in [1.54, 1.807) is 24.2 Å². The van der Waals surface area contributed by atoms with Crippen LogP contribution in [0.4, 0.5) is 0 Å². The maximum absolute atomic E-state index is 5.19. The summed E-state index contributed by atoms with van der Waals surface area (Å²) in [5, 5.41) is 13.3. The van der Waals surface area contributed by atoms with Crippen molar-refractivity contribution in [3.63, 3.8) is 0 Å². The van der Waals surface area contributed by atoms with Gasteiger partial charge in [-0.1, -0.05) is 23.8 Å². The zero-order valence-electron chi connectivity index (χ0n) is 12.4. The third kappa shape index (κ3) is 3.01. The lowest BCUT2D eigenvalue weighted by Gasteiger charge is -2.06. The van der Waals surface area contributed by atoms with Crippen molar-refractivity contribution in [2.45, 2.75) is 37.7 Å². The summed E-state index contributed by atoms with van der Waals surface area (Å²) >= 11 is 1.54. The van der Waals surface area contributed by atoms with E-state index in [2.05, 4.69) is 36.8 Å². The first-order chi connectivity index (χ1) is 10.8. The summed E-state index contributed by atoms with van der Waals surface area (Å²) in [5.41, 5.74) is 1.00. The van der Waals surface area contributed by atoms with Crippen molar-refractivity contribution in [1.29, 1.82) is 0 Å². The normalized spacial score (nSPS) is 11.0. The van der Waals surface area contributed by atoms with E-state index in [9.17, 15) is 0 Å². The minimum Gasteiger partial charge on any atom is -0.338 e. The first-order valence-electron chi connectivity index (χ1n) is 7.09. The molecular formula is C14H16N6OS. The molecule has 0 amide bonds. The molecule has 0 aromatic carbocycles. The molecule has 0 aliphatic carbocycles. The van der Waals surface area contributed by atoms with Crippen LogP contribution in [-0.2, 0) is 18.7 Å². The molecule has 114 valence electrons. The molecule has 0 aliphatic rings. The van der Waals surface area contributed by atoms with Crippen LogP contribution in [0.3, 0.4) is 0 Å². The van der Waals surface area contributed by atoms with Crippen LogP contribution in [0.5, 0.6) is 0 Å². The minimum atomic E-state index is 0.585. The summed E-state index contributed by atoms with van der Waals surface area (Å²) in [6.45, 7) is 4.85. The third-order valence-electron chi connectivity index (χ3n) is 3.12. The molecule has 8 heteroatoms. The zero-order valence-corrected chi connectivity index (χ0v) is 13.2. The number of aryl methyl sites for hydroxylation is 1. The fourth-order valence-electron chi connectivity index (χ4n) is 2.01. The number of aromatic nitrogens is 6. The number of hydrogen-bond donors (Lipinski definition) is 0. The molecule has 7 nitrogen and oxygen atoms in total. The van der Waals surface area contributed by atoms with Crippen molar-refractivity contribution >= 4 is 11.8 Å². The first-order valence-corrected chi connectivity index (χ1v) is 8.08. The van der Waals surface area contributed by atoms with Gasteiger partial charge in [0, 0.05) is 30.9 Å². The SMILES string of the molecule is CCc1noc(CSc2nnc(-c3ccncc3)n2CC)n1. The quantitative estimate of drug-likeness (QED) is 0.646. The van der Waals surface area contributed by atoms with Crippen molar-refractivity contribution in [1.82, 2.24) is 29.9 Å². The van der Waals surface area contributed by atoms with Gasteiger partial charge in [0.2, 0.25) is 5.89 Å². The third-order valence-corrected chi connectivity index (χ3v) is 4.07. The van der Waals surface area contributed by atoms with Crippen molar-refractivity contribution in [2.24, 2.45) is 0 Å². The van der Waals surface area contributed by atoms with Crippen LogP contribution in [0.15, 0.2) is 34.2 Å². The van der Waals surface area contributed by atoms with Gasteiger partial charge < -0.3 is 9.09 Å². The van der Waals surface area contributed by atoms with Gasteiger partial charge in [0.25, 0.3) is 0 Å². The Bertz CT molecular complexity index is 739. The topological polar surface area (TPSA) is 82.5 Å². The summed E-state index contributed by atoms with van der Waals surface area (Å²) in [6, 6.07) is 3.85. The molecule has 0 aliphatic heterocycles. The van der Waals surface area contributed by atoms with Gasteiger partial charge in [-0.25, -0.2) is 0 Å². The Morgan fingerprint density at radius 3 is 2.68 bits per heavy atom. The molecule has 0 atom stereocenters. The monoisotopic (exact) mass is 316 g/mol. The second kappa shape index (κ2) is 6.69. The van der Waals surface area contributed by atoms with Gasteiger partial charge in [-0.3, -0.25) is 4.98 Å². The Morgan fingerprint density at radius 2 is 2.00 bits per heavy atom. The Balaban J connectivity index is 1.78. The standard InChI is InChI=1S/C14H16N6OS/c1-3-11-16-12(21-19-11)9-22-14-18-17-13(20(14)4-2)10-5-7-15-8-6-10/h5-8H,3-4,9H2,1-2H3. The van der Waals surface area contributed by atoms with Crippen LogP contribution in [-0.4, -0.2) is 29.9 Å². The molecule has 0 unspecified atom stereocenters. The van der Waals surface area contributed by atoms with Gasteiger partial charge in [0.15, 0.2) is 16.8 Å². The Morgan fingerprint density at radius 1 is 1.18 bits per heavy atom. The molecule has 3 rings (SSSR count). The smallest absolute Gasteiger partial charge is 0.237 e. The summed E-state index contributed by atoms with van der Waals surface area (Å²) in [4.78, 5) is 8.33. The van der Waals surface area contributed by atoms with E-state index in [1.165, 1.54) is 0 Å². The van der Waals surface area contributed by atoms with Crippen LogP contribution in [0, 0.1) is 0 Å². The van der Waals surface area contributed by atoms with Crippen molar-refractivity contribution in [3.05, 3.63) is 36.2 Å². The van der Waals surface area contributed by atoms with Gasteiger partial charge in [0.05, 0.1) is 5.75 Å². The summed E-state index contributed by atoms with van der Waals surface area (Å²) in [5.74, 6) is 2.76. The van der Waals surface area contributed by atoms with Crippen LogP contribution >= 0.6 is 11.8 Å². The molecule has 3 heterocycles. The van der Waals surface area contributed by atoms with Gasteiger partial charge in [0.1, 0.15) is 0 Å². The van der Waals surface area contributed by atoms with E-state index in [1.807, 2.05) is 19.1 Å². The molecule has 3 aromatic heterocycles. The van der Waals surface area contributed by atoms with Crippen LogP contribution < -0.4 is 0 Å². The van der Waals surface area contributed by atoms with E-state index in [0.29, 0.717) is 11.6 Å². The number of rotatable bonds is 6. The maximum atomic E-state index is 5.19. The highest BCUT2D eigenvalue weighted by Gasteiger charge is 2.14. The number of nitrogens with zero attached hydrogens (tertiary/aromatic N) is 6. The van der Waals surface area contributed by atoms with E-state index in [-0.39, 0.29) is 0 Å². The second-order valence-corrected chi connectivity index (χ2v) is 5.48. The lowest BCUT2D eigenvalue weighted by molar-refractivity contribution is 0.385. The first kappa shape index (κ1) is 14.7. The minimum absolute atomic E-state index is 0.585. The molecule has 3 aromatic rings. The van der Waals surface area contributed by atoms with Crippen molar-refractivity contribution in [3.8, 4) is 11.4 Å². The summed E-state index contributed by atoms with van der Waals surface area (Å²) in [6.07, 6.45) is 4.27. The average molecular weight is 316 g/mol. The number of pyridine rings is 1. The highest BCUT2D eigenvalue weighted by molar-refractivity contribution is 7.98. The Kier molecular flexibility index (Phi) is 4.47. The van der Waals surface area contributed by atoms with Crippen LogP contribution in [0.1, 0.15) is 25.6 Å². The number of hydrogen-bond acceptors (Lipinski definition) is 7. The largest absolute Gasteiger partial charge is 0.338 e.